The number of halogens is 1. The zero-order chi connectivity index (χ0) is 15.3. The number of ketones is 2. The molecule has 1 aliphatic carbocycles. The molecular formula is C18H15BrO2. The van der Waals surface area contributed by atoms with Crippen molar-refractivity contribution in [1.82, 2.24) is 0 Å². The summed E-state index contributed by atoms with van der Waals surface area (Å²) in [5, 5.41) is 0. The molecule has 0 fully saturated rings. The Morgan fingerprint density at radius 3 is 2.14 bits per heavy atom. The van der Waals surface area contributed by atoms with Crippen molar-refractivity contribution in [2.45, 2.75) is 26.7 Å². The number of aryl methyl sites for hydroxylation is 3. The lowest BCUT2D eigenvalue weighted by Gasteiger charge is -2.15. The number of hydrogen-bond acceptors (Lipinski definition) is 2. The van der Waals surface area contributed by atoms with Gasteiger partial charge in [-0.1, -0.05) is 45.8 Å². The van der Waals surface area contributed by atoms with E-state index in [-0.39, 0.29) is 11.6 Å². The van der Waals surface area contributed by atoms with Crippen molar-refractivity contribution in [3.05, 3.63) is 68.2 Å². The molecule has 21 heavy (non-hydrogen) atoms. The van der Waals surface area contributed by atoms with E-state index >= 15 is 0 Å². The molecule has 0 spiro atoms. The standard InChI is InChI=1S/C18H15BrO2/c1-9-7-10(2)14(11(3)8-9)16-17(20)12-5-4-6-13(19)15(12)18(16)21/h4-8,16H,1-3H3. The highest BCUT2D eigenvalue weighted by Gasteiger charge is 2.41. The highest BCUT2D eigenvalue weighted by atomic mass is 79.9. The van der Waals surface area contributed by atoms with Gasteiger partial charge in [0.2, 0.25) is 0 Å². The van der Waals surface area contributed by atoms with Crippen molar-refractivity contribution in [1.29, 1.82) is 0 Å². The van der Waals surface area contributed by atoms with E-state index in [2.05, 4.69) is 15.9 Å². The number of carbonyl (C=O) groups excluding carboxylic acids is 2. The van der Waals surface area contributed by atoms with E-state index in [1.54, 1.807) is 18.2 Å². The van der Waals surface area contributed by atoms with Crippen LogP contribution in [0, 0.1) is 20.8 Å². The Morgan fingerprint density at radius 1 is 0.952 bits per heavy atom. The molecule has 0 aromatic heterocycles. The molecule has 1 aliphatic rings. The third kappa shape index (κ3) is 2.07. The lowest BCUT2D eigenvalue weighted by atomic mass is 9.86. The van der Waals surface area contributed by atoms with Crippen LogP contribution in [0.15, 0.2) is 34.8 Å². The molecule has 2 nitrogen and oxygen atoms in total. The van der Waals surface area contributed by atoms with Gasteiger partial charge >= 0.3 is 0 Å². The molecule has 0 radical (unpaired) electrons. The van der Waals surface area contributed by atoms with E-state index in [1.165, 1.54) is 0 Å². The average molecular weight is 343 g/mol. The second-order valence-electron chi connectivity index (χ2n) is 5.64. The summed E-state index contributed by atoms with van der Waals surface area (Å²) in [6, 6.07) is 9.40. The van der Waals surface area contributed by atoms with Gasteiger partial charge in [0.05, 0.1) is 0 Å². The lowest BCUT2D eigenvalue weighted by molar-refractivity contribution is 0.0889. The van der Waals surface area contributed by atoms with Crippen LogP contribution in [-0.4, -0.2) is 11.6 Å². The first-order valence-corrected chi connectivity index (χ1v) is 7.65. The Balaban J connectivity index is 2.22. The van der Waals surface area contributed by atoms with Crippen LogP contribution < -0.4 is 0 Å². The molecule has 3 rings (SSSR count). The quantitative estimate of drug-likeness (QED) is 0.713. The number of benzene rings is 2. The molecule has 0 heterocycles. The zero-order valence-corrected chi connectivity index (χ0v) is 13.7. The van der Waals surface area contributed by atoms with E-state index in [9.17, 15) is 9.59 Å². The molecule has 0 saturated heterocycles. The van der Waals surface area contributed by atoms with Gasteiger partial charge in [0.1, 0.15) is 5.92 Å². The molecule has 0 bridgehead atoms. The maximum atomic E-state index is 12.8. The Bertz CT molecular complexity index is 767. The van der Waals surface area contributed by atoms with E-state index < -0.39 is 5.92 Å². The van der Waals surface area contributed by atoms with E-state index in [1.807, 2.05) is 32.9 Å². The predicted molar refractivity (Wildman–Crippen MR) is 86.2 cm³/mol. The number of carbonyl (C=O) groups is 2. The van der Waals surface area contributed by atoms with Gasteiger partial charge in [-0.25, -0.2) is 0 Å². The highest BCUT2D eigenvalue weighted by Crippen LogP contribution is 2.39. The van der Waals surface area contributed by atoms with Gasteiger partial charge < -0.3 is 0 Å². The van der Waals surface area contributed by atoms with Gasteiger partial charge in [-0.15, -0.1) is 0 Å². The number of Topliss-reactive ketones (excluding diaryl/α,β-unsaturated/α-hetero) is 2. The molecule has 1 unspecified atom stereocenters. The summed E-state index contributed by atoms with van der Waals surface area (Å²) in [7, 11) is 0. The van der Waals surface area contributed by atoms with Crippen LogP contribution in [0.3, 0.4) is 0 Å². The topological polar surface area (TPSA) is 34.1 Å². The number of hydrogen-bond donors (Lipinski definition) is 0. The fourth-order valence-corrected chi connectivity index (χ4v) is 3.87. The molecular weight excluding hydrogens is 328 g/mol. The summed E-state index contributed by atoms with van der Waals surface area (Å²) in [6.45, 7) is 5.95. The molecule has 0 amide bonds. The summed E-state index contributed by atoms with van der Waals surface area (Å²) < 4.78 is 0.697. The number of fused-ring (bicyclic) bond motifs is 1. The normalized spacial score (nSPS) is 17.2. The molecule has 2 aromatic rings. The van der Waals surface area contributed by atoms with E-state index in [0.29, 0.717) is 15.6 Å². The minimum absolute atomic E-state index is 0.0913. The summed E-state index contributed by atoms with van der Waals surface area (Å²) >= 11 is 3.39. The first-order chi connectivity index (χ1) is 9.91. The summed E-state index contributed by atoms with van der Waals surface area (Å²) in [5.41, 5.74) is 5.06. The summed E-state index contributed by atoms with van der Waals surface area (Å²) in [6.07, 6.45) is 0. The minimum atomic E-state index is -0.695. The SMILES string of the molecule is Cc1cc(C)c(C2C(=O)c3cccc(Br)c3C2=O)c(C)c1. The highest BCUT2D eigenvalue weighted by molar-refractivity contribution is 9.10. The van der Waals surface area contributed by atoms with Crippen LogP contribution in [0.5, 0.6) is 0 Å². The van der Waals surface area contributed by atoms with Crippen LogP contribution in [-0.2, 0) is 0 Å². The summed E-state index contributed by atoms with van der Waals surface area (Å²) in [5.74, 6) is -0.886. The van der Waals surface area contributed by atoms with E-state index in [0.717, 1.165) is 22.3 Å². The van der Waals surface area contributed by atoms with Gasteiger partial charge in [0.15, 0.2) is 11.6 Å². The van der Waals surface area contributed by atoms with Crippen molar-refractivity contribution in [2.24, 2.45) is 0 Å². The third-order valence-electron chi connectivity index (χ3n) is 4.08. The maximum absolute atomic E-state index is 12.8. The van der Waals surface area contributed by atoms with Gasteiger partial charge in [0, 0.05) is 15.6 Å². The summed E-state index contributed by atoms with van der Waals surface area (Å²) in [4.78, 5) is 25.5. The van der Waals surface area contributed by atoms with Crippen LogP contribution in [0.4, 0.5) is 0 Å². The monoisotopic (exact) mass is 342 g/mol. The van der Waals surface area contributed by atoms with Crippen molar-refractivity contribution in [3.63, 3.8) is 0 Å². The third-order valence-corrected chi connectivity index (χ3v) is 4.74. The van der Waals surface area contributed by atoms with Gasteiger partial charge in [-0.3, -0.25) is 9.59 Å². The molecule has 0 aliphatic heterocycles. The van der Waals surface area contributed by atoms with E-state index in [4.69, 9.17) is 0 Å². The average Bonchev–Trinajstić information content (AvgIpc) is 2.64. The fraction of sp³-hybridized carbons (Fsp3) is 0.222. The van der Waals surface area contributed by atoms with Crippen molar-refractivity contribution >= 4 is 27.5 Å². The first-order valence-electron chi connectivity index (χ1n) is 6.86. The van der Waals surface area contributed by atoms with Gasteiger partial charge in [-0.05, 0) is 43.5 Å². The second-order valence-corrected chi connectivity index (χ2v) is 6.49. The van der Waals surface area contributed by atoms with Crippen molar-refractivity contribution < 1.29 is 9.59 Å². The van der Waals surface area contributed by atoms with Crippen LogP contribution >= 0.6 is 15.9 Å². The maximum Gasteiger partial charge on any atom is 0.180 e. The van der Waals surface area contributed by atoms with Crippen molar-refractivity contribution in [3.8, 4) is 0 Å². The lowest BCUT2D eigenvalue weighted by Crippen LogP contribution is -2.16. The smallest absolute Gasteiger partial charge is 0.180 e. The van der Waals surface area contributed by atoms with Gasteiger partial charge in [-0.2, -0.15) is 0 Å². The van der Waals surface area contributed by atoms with Crippen molar-refractivity contribution in [2.75, 3.05) is 0 Å². The molecule has 106 valence electrons. The number of rotatable bonds is 1. The Labute approximate surface area is 132 Å². The molecule has 1 atom stereocenters. The minimum Gasteiger partial charge on any atom is -0.293 e. The van der Waals surface area contributed by atoms with Crippen LogP contribution in [0.1, 0.15) is 48.9 Å². The van der Waals surface area contributed by atoms with Gasteiger partial charge in [0.25, 0.3) is 0 Å². The Morgan fingerprint density at radius 2 is 1.57 bits per heavy atom. The molecule has 3 heteroatoms. The molecule has 2 aromatic carbocycles. The van der Waals surface area contributed by atoms with Crippen LogP contribution in [0.25, 0.3) is 0 Å². The Kier molecular flexibility index (Phi) is 3.33. The fourth-order valence-electron chi connectivity index (χ4n) is 3.31. The molecule has 0 N–H and O–H groups in total. The van der Waals surface area contributed by atoms with Crippen LogP contribution in [0.2, 0.25) is 0 Å². The predicted octanol–water partition coefficient (Wildman–Crippen LogP) is 4.54. The Hall–Kier alpha value is -1.74. The first kappa shape index (κ1) is 14.2. The largest absolute Gasteiger partial charge is 0.293 e. The molecule has 0 saturated carbocycles. The second kappa shape index (κ2) is 4.92. The zero-order valence-electron chi connectivity index (χ0n) is 12.2.